The molecule has 0 spiro atoms. The van der Waals surface area contributed by atoms with E-state index in [2.05, 4.69) is 50.2 Å². The maximum atomic E-state index is 11.1. The summed E-state index contributed by atoms with van der Waals surface area (Å²) in [5, 5.41) is 9.09. The fourth-order valence-electron chi connectivity index (χ4n) is 3.41. The van der Waals surface area contributed by atoms with Crippen molar-refractivity contribution in [3.63, 3.8) is 0 Å². The van der Waals surface area contributed by atoms with Crippen molar-refractivity contribution in [2.45, 2.75) is 38.4 Å². The van der Waals surface area contributed by atoms with Crippen molar-refractivity contribution in [1.82, 2.24) is 0 Å². The van der Waals surface area contributed by atoms with Gasteiger partial charge in [0.1, 0.15) is 12.4 Å². The summed E-state index contributed by atoms with van der Waals surface area (Å²) in [7, 11) is 1.41. The molecule has 0 aliphatic carbocycles. The molecule has 0 fully saturated rings. The molecule has 4 heteroatoms. The minimum atomic E-state index is -0.955. The Morgan fingerprint density at radius 2 is 1.43 bits per heavy atom. The summed E-state index contributed by atoms with van der Waals surface area (Å²) in [5.41, 5.74) is 4.37. The van der Waals surface area contributed by atoms with Crippen LogP contribution in [-0.4, -0.2) is 24.3 Å². The zero-order chi connectivity index (χ0) is 21.6. The van der Waals surface area contributed by atoms with E-state index >= 15 is 0 Å². The highest BCUT2D eigenvalue weighted by Gasteiger charge is 2.22. The first-order valence-corrected chi connectivity index (χ1v) is 10.0. The van der Waals surface area contributed by atoms with Gasteiger partial charge in [-0.2, -0.15) is 0 Å². The molecule has 0 saturated heterocycles. The van der Waals surface area contributed by atoms with Crippen LogP contribution in [0, 0.1) is 0 Å². The third-order valence-corrected chi connectivity index (χ3v) is 5.48. The van der Waals surface area contributed by atoms with Gasteiger partial charge >= 0.3 is 5.97 Å². The number of aliphatic carboxylic acids is 1. The van der Waals surface area contributed by atoms with Gasteiger partial charge in [0.25, 0.3) is 0 Å². The van der Waals surface area contributed by atoms with Crippen molar-refractivity contribution < 1.29 is 19.4 Å². The predicted molar refractivity (Wildman–Crippen MR) is 118 cm³/mol. The maximum Gasteiger partial charge on any atom is 0.333 e. The Morgan fingerprint density at radius 1 is 0.867 bits per heavy atom. The summed E-state index contributed by atoms with van der Waals surface area (Å²) in [6.07, 6.45) is -0.489. The van der Waals surface area contributed by atoms with Crippen LogP contribution >= 0.6 is 0 Å². The number of methoxy groups -OCH3 is 1. The average Bonchev–Trinajstić information content (AvgIpc) is 2.77. The molecule has 3 rings (SSSR count). The zero-order valence-electron chi connectivity index (χ0n) is 17.7. The molecule has 156 valence electrons. The SMILES string of the molecule is CO[C@@H](Cc1ccc(COc2ccc(C(C)(C)c3ccccc3)cc2)cc1)C(=O)O. The minimum absolute atomic E-state index is 0.0777. The smallest absolute Gasteiger partial charge is 0.333 e. The van der Waals surface area contributed by atoms with Crippen LogP contribution in [0.4, 0.5) is 0 Å². The van der Waals surface area contributed by atoms with Gasteiger partial charge < -0.3 is 14.6 Å². The Labute approximate surface area is 178 Å². The van der Waals surface area contributed by atoms with Crippen LogP contribution in [-0.2, 0) is 28.0 Å². The van der Waals surface area contributed by atoms with E-state index in [9.17, 15) is 4.79 Å². The van der Waals surface area contributed by atoms with E-state index < -0.39 is 12.1 Å². The Kier molecular flexibility index (Phi) is 6.91. The lowest BCUT2D eigenvalue weighted by Crippen LogP contribution is -2.24. The second-order valence-electron chi connectivity index (χ2n) is 7.89. The number of carboxylic acids is 1. The molecule has 3 aromatic carbocycles. The number of carboxylic acid groups (broad SMARTS) is 1. The van der Waals surface area contributed by atoms with E-state index in [1.807, 2.05) is 42.5 Å². The highest BCUT2D eigenvalue weighted by atomic mass is 16.5. The lowest BCUT2D eigenvalue weighted by atomic mass is 9.78. The van der Waals surface area contributed by atoms with Gasteiger partial charge in [-0.25, -0.2) is 4.79 Å². The van der Waals surface area contributed by atoms with Gasteiger partial charge in [-0.1, -0.05) is 80.6 Å². The van der Waals surface area contributed by atoms with Crippen LogP contribution < -0.4 is 4.74 Å². The number of carbonyl (C=O) groups is 1. The summed E-state index contributed by atoms with van der Waals surface area (Å²) in [6, 6.07) is 26.4. The summed E-state index contributed by atoms with van der Waals surface area (Å²) >= 11 is 0. The molecule has 30 heavy (non-hydrogen) atoms. The molecule has 3 aromatic rings. The Hall–Kier alpha value is -3.11. The number of hydrogen-bond acceptors (Lipinski definition) is 3. The maximum absolute atomic E-state index is 11.1. The van der Waals surface area contributed by atoms with Gasteiger partial charge in [-0.3, -0.25) is 0 Å². The fourth-order valence-corrected chi connectivity index (χ4v) is 3.41. The van der Waals surface area contributed by atoms with E-state index in [1.54, 1.807) is 0 Å². The van der Waals surface area contributed by atoms with E-state index in [4.69, 9.17) is 14.6 Å². The normalized spacial score (nSPS) is 12.4. The van der Waals surface area contributed by atoms with E-state index in [1.165, 1.54) is 18.2 Å². The summed E-state index contributed by atoms with van der Waals surface area (Å²) in [6.45, 7) is 4.89. The van der Waals surface area contributed by atoms with Gasteiger partial charge in [0.05, 0.1) is 0 Å². The number of ether oxygens (including phenoxy) is 2. The lowest BCUT2D eigenvalue weighted by molar-refractivity contribution is -0.148. The van der Waals surface area contributed by atoms with Gasteiger partial charge in [0.2, 0.25) is 0 Å². The Bertz CT molecular complexity index is 945. The van der Waals surface area contributed by atoms with Crippen LogP contribution in [0.25, 0.3) is 0 Å². The number of rotatable bonds is 9. The second-order valence-corrected chi connectivity index (χ2v) is 7.89. The van der Waals surface area contributed by atoms with Crippen LogP contribution in [0.3, 0.4) is 0 Å². The van der Waals surface area contributed by atoms with E-state index in [0.717, 1.165) is 16.9 Å². The van der Waals surface area contributed by atoms with Crippen molar-refractivity contribution in [2.75, 3.05) is 7.11 Å². The minimum Gasteiger partial charge on any atom is -0.489 e. The quantitative estimate of drug-likeness (QED) is 0.530. The van der Waals surface area contributed by atoms with Crippen molar-refractivity contribution in [1.29, 1.82) is 0 Å². The van der Waals surface area contributed by atoms with Gasteiger partial charge in [-0.05, 0) is 34.4 Å². The highest BCUT2D eigenvalue weighted by molar-refractivity contribution is 5.72. The fraction of sp³-hybridized carbons (Fsp3) is 0.269. The largest absolute Gasteiger partial charge is 0.489 e. The van der Waals surface area contributed by atoms with Crippen molar-refractivity contribution in [3.8, 4) is 5.75 Å². The van der Waals surface area contributed by atoms with Crippen LogP contribution in [0.1, 0.15) is 36.1 Å². The standard InChI is InChI=1S/C26H28O4/c1-26(2,21-7-5-4-6-8-21)22-13-15-23(16-14-22)30-18-20-11-9-19(10-12-20)17-24(29-3)25(27)28/h4-16,24H,17-18H2,1-3H3,(H,27,28)/t24-/m0/s1. The molecular weight excluding hydrogens is 376 g/mol. The van der Waals surface area contributed by atoms with Gasteiger partial charge in [0.15, 0.2) is 6.10 Å². The Morgan fingerprint density at radius 3 is 2.00 bits per heavy atom. The van der Waals surface area contributed by atoms with Crippen LogP contribution in [0.15, 0.2) is 78.9 Å². The molecular formula is C26H28O4. The molecule has 0 aromatic heterocycles. The predicted octanol–water partition coefficient (Wildman–Crippen LogP) is 5.23. The Balaban J connectivity index is 1.59. The third kappa shape index (κ3) is 5.28. The second kappa shape index (κ2) is 9.59. The molecule has 1 atom stereocenters. The van der Waals surface area contributed by atoms with E-state index in [0.29, 0.717) is 13.0 Å². The molecule has 1 N–H and O–H groups in total. The van der Waals surface area contributed by atoms with Crippen molar-refractivity contribution in [2.24, 2.45) is 0 Å². The number of benzene rings is 3. The third-order valence-electron chi connectivity index (χ3n) is 5.48. The molecule has 0 amide bonds. The lowest BCUT2D eigenvalue weighted by Gasteiger charge is -2.26. The number of hydrogen-bond donors (Lipinski definition) is 1. The van der Waals surface area contributed by atoms with Crippen molar-refractivity contribution in [3.05, 3.63) is 101 Å². The first kappa shape index (κ1) is 21.6. The summed E-state index contributed by atoms with van der Waals surface area (Å²) in [5.74, 6) is -0.138. The monoisotopic (exact) mass is 404 g/mol. The summed E-state index contributed by atoms with van der Waals surface area (Å²) < 4.78 is 10.9. The average molecular weight is 405 g/mol. The van der Waals surface area contributed by atoms with E-state index in [-0.39, 0.29) is 5.41 Å². The summed E-state index contributed by atoms with van der Waals surface area (Å²) in [4.78, 5) is 11.1. The van der Waals surface area contributed by atoms with Crippen LogP contribution in [0.5, 0.6) is 5.75 Å². The van der Waals surface area contributed by atoms with Gasteiger partial charge in [-0.15, -0.1) is 0 Å². The molecule has 0 saturated carbocycles. The molecule has 0 heterocycles. The molecule has 4 nitrogen and oxygen atoms in total. The van der Waals surface area contributed by atoms with Crippen LogP contribution in [0.2, 0.25) is 0 Å². The first-order valence-electron chi connectivity index (χ1n) is 10.0. The van der Waals surface area contributed by atoms with Gasteiger partial charge in [0, 0.05) is 18.9 Å². The molecule has 0 bridgehead atoms. The topological polar surface area (TPSA) is 55.8 Å². The molecule has 0 unspecified atom stereocenters. The molecule has 0 radical (unpaired) electrons. The first-order chi connectivity index (χ1) is 14.4. The highest BCUT2D eigenvalue weighted by Crippen LogP contribution is 2.32. The van der Waals surface area contributed by atoms with Crippen molar-refractivity contribution >= 4 is 5.97 Å². The molecule has 0 aliphatic rings. The molecule has 0 aliphatic heterocycles. The zero-order valence-corrected chi connectivity index (χ0v) is 17.7.